The molecule has 3 aromatic carbocycles. The molecule has 0 aliphatic carbocycles. The number of thiazole rings is 1. The van der Waals surface area contributed by atoms with Crippen LogP contribution in [0.3, 0.4) is 0 Å². The van der Waals surface area contributed by atoms with E-state index in [0.29, 0.717) is 36.2 Å². The third kappa shape index (κ3) is 5.00. The van der Waals surface area contributed by atoms with Gasteiger partial charge in [-0.15, -0.1) is 11.3 Å². The van der Waals surface area contributed by atoms with Gasteiger partial charge in [0.25, 0.3) is 5.91 Å². The van der Waals surface area contributed by atoms with Crippen LogP contribution in [-0.4, -0.2) is 36.7 Å². The van der Waals surface area contributed by atoms with Crippen molar-refractivity contribution >= 4 is 43.2 Å². The molecule has 2 heterocycles. The summed E-state index contributed by atoms with van der Waals surface area (Å²) in [5, 5.41) is 3.80. The normalized spacial score (nSPS) is 19.0. The molecular formula is C27H27N3O3S2. The summed E-state index contributed by atoms with van der Waals surface area (Å²) < 4.78 is 28.9. The maximum atomic E-state index is 13.1. The molecule has 5 rings (SSSR count). The first kappa shape index (κ1) is 23.7. The van der Waals surface area contributed by atoms with Crippen LogP contribution >= 0.6 is 11.3 Å². The van der Waals surface area contributed by atoms with E-state index in [9.17, 15) is 13.2 Å². The summed E-state index contributed by atoms with van der Waals surface area (Å²) in [6.07, 6.45) is 1.03. The van der Waals surface area contributed by atoms with E-state index in [4.69, 9.17) is 0 Å². The van der Waals surface area contributed by atoms with Crippen molar-refractivity contribution in [2.45, 2.75) is 25.2 Å². The van der Waals surface area contributed by atoms with Crippen molar-refractivity contribution < 1.29 is 13.2 Å². The zero-order valence-electron chi connectivity index (χ0n) is 19.6. The van der Waals surface area contributed by atoms with Gasteiger partial charge in [0.1, 0.15) is 5.01 Å². The quantitative estimate of drug-likeness (QED) is 0.367. The number of nitrogens with zero attached hydrogens (tertiary/aromatic N) is 2. The fraction of sp³-hybridized carbons (Fsp3) is 0.259. The molecule has 0 bridgehead atoms. The molecule has 0 spiro atoms. The first-order valence-corrected chi connectivity index (χ1v) is 13.9. The lowest BCUT2D eigenvalue weighted by Crippen LogP contribution is -2.42. The van der Waals surface area contributed by atoms with Crippen LogP contribution in [0.5, 0.6) is 0 Å². The second-order valence-corrected chi connectivity index (χ2v) is 12.3. The van der Waals surface area contributed by atoms with Gasteiger partial charge in [0.05, 0.1) is 15.1 Å². The van der Waals surface area contributed by atoms with Crippen LogP contribution in [0.4, 0.5) is 5.69 Å². The highest BCUT2D eigenvalue weighted by atomic mass is 32.2. The number of hydrogen-bond acceptors (Lipinski definition) is 5. The topological polar surface area (TPSA) is 79.4 Å². The summed E-state index contributed by atoms with van der Waals surface area (Å²) in [7, 11) is -3.58. The zero-order valence-corrected chi connectivity index (χ0v) is 21.3. The second kappa shape index (κ2) is 9.53. The Balaban J connectivity index is 1.31. The van der Waals surface area contributed by atoms with Crippen LogP contribution in [0.15, 0.2) is 77.7 Å². The van der Waals surface area contributed by atoms with Gasteiger partial charge in [0, 0.05) is 29.9 Å². The number of amides is 1. The van der Waals surface area contributed by atoms with Gasteiger partial charge in [-0.3, -0.25) is 4.79 Å². The van der Waals surface area contributed by atoms with Gasteiger partial charge in [-0.05, 0) is 66.8 Å². The van der Waals surface area contributed by atoms with Gasteiger partial charge in [0.2, 0.25) is 10.0 Å². The number of benzene rings is 3. The van der Waals surface area contributed by atoms with Gasteiger partial charge >= 0.3 is 0 Å². The lowest BCUT2D eigenvalue weighted by atomic mass is 9.94. The minimum atomic E-state index is -3.58. The largest absolute Gasteiger partial charge is 0.322 e. The molecule has 1 amide bonds. The van der Waals surface area contributed by atoms with E-state index in [2.05, 4.69) is 24.1 Å². The van der Waals surface area contributed by atoms with E-state index in [0.717, 1.165) is 27.2 Å². The molecule has 1 aliphatic rings. The minimum Gasteiger partial charge on any atom is -0.322 e. The van der Waals surface area contributed by atoms with Crippen molar-refractivity contribution in [1.82, 2.24) is 9.29 Å². The predicted octanol–water partition coefficient (Wildman–Crippen LogP) is 5.88. The molecule has 0 saturated carbocycles. The Kier molecular flexibility index (Phi) is 6.44. The first-order chi connectivity index (χ1) is 16.8. The Hall–Kier alpha value is -3.07. The third-order valence-corrected chi connectivity index (χ3v) is 9.18. The Morgan fingerprint density at radius 2 is 1.69 bits per heavy atom. The number of hydrogen-bond donors (Lipinski definition) is 1. The van der Waals surface area contributed by atoms with Crippen molar-refractivity contribution in [3.05, 3.63) is 78.4 Å². The molecule has 6 nitrogen and oxygen atoms in total. The molecule has 1 aliphatic heterocycles. The Morgan fingerprint density at radius 3 is 2.40 bits per heavy atom. The number of carbonyl (C=O) groups excluding carboxylic acids is 1. The summed E-state index contributed by atoms with van der Waals surface area (Å²) in [4.78, 5) is 17.8. The molecule has 180 valence electrons. The zero-order chi connectivity index (χ0) is 24.6. The van der Waals surface area contributed by atoms with Crippen molar-refractivity contribution in [3.63, 3.8) is 0 Å². The molecule has 0 unspecified atom stereocenters. The SMILES string of the molecule is C[C@@H]1C[C@@H](C)CN(S(=O)(=O)c2ccc(C(=O)Nc3cccc(-c4nc5ccccc5s4)c3)cc2)C1. The van der Waals surface area contributed by atoms with Crippen molar-refractivity contribution in [2.24, 2.45) is 11.8 Å². The molecule has 1 saturated heterocycles. The molecule has 4 aromatic rings. The van der Waals surface area contributed by atoms with Crippen LogP contribution in [0.2, 0.25) is 0 Å². The van der Waals surface area contributed by atoms with E-state index in [1.807, 2.05) is 48.5 Å². The summed E-state index contributed by atoms with van der Waals surface area (Å²) >= 11 is 1.61. The number of aromatic nitrogens is 1. The van der Waals surface area contributed by atoms with Crippen molar-refractivity contribution in [2.75, 3.05) is 18.4 Å². The fourth-order valence-corrected chi connectivity index (χ4v) is 7.30. The number of sulfonamides is 1. The van der Waals surface area contributed by atoms with Gasteiger partial charge in [-0.2, -0.15) is 4.31 Å². The van der Waals surface area contributed by atoms with Crippen molar-refractivity contribution in [1.29, 1.82) is 0 Å². The average Bonchev–Trinajstić information content (AvgIpc) is 3.28. The van der Waals surface area contributed by atoms with E-state index in [1.54, 1.807) is 27.8 Å². The smallest absolute Gasteiger partial charge is 0.255 e. The van der Waals surface area contributed by atoms with Crippen LogP contribution < -0.4 is 5.32 Å². The second-order valence-electron chi connectivity index (χ2n) is 9.31. The van der Waals surface area contributed by atoms with Crippen LogP contribution in [0.1, 0.15) is 30.6 Å². The van der Waals surface area contributed by atoms with Gasteiger partial charge < -0.3 is 5.32 Å². The van der Waals surface area contributed by atoms with E-state index >= 15 is 0 Å². The molecule has 8 heteroatoms. The number of fused-ring (bicyclic) bond motifs is 1. The lowest BCUT2D eigenvalue weighted by molar-refractivity contribution is 0.102. The maximum absolute atomic E-state index is 13.1. The summed E-state index contributed by atoms with van der Waals surface area (Å²) in [5.74, 6) is 0.366. The average molecular weight is 506 g/mol. The monoisotopic (exact) mass is 505 g/mol. The van der Waals surface area contributed by atoms with E-state index < -0.39 is 10.0 Å². The van der Waals surface area contributed by atoms with Crippen LogP contribution in [0.25, 0.3) is 20.8 Å². The van der Waals surface area contributed by atoms with Gasteiger partial charge in [-0.25, -0.2) is 13.4 Å². The number of carbonyl (C=O) groups is 1. The number of nitrogens with one attached hydrogen (secondary N) is 1. The molecule has 1 N–H and O–H groups in total. The summed E-state index contributed by atoms with van der Waals surface area (Å²) in [6, 6.07) is 21.7. The Labute approximate surface area is 209 Å². The maximum Gasteiger partial charge on any atom is 0.255 e. The molecule has 2 atom stereocenters. The summed E-state index contributed by atoms with van der Waals surface area (Å²) in [6.45, 7) is 5.22. The Morgan fingerprint density at radius 1 is 0.971 bits per heavy atom. The molecule has 35 heavy (non-hydrogen) atoms. The number of anilines is 1. The van der Waals surface area contributed by atoms with E-state index in [-0.39, 0.29) is 10.8 Å². The highest BCUT2D eigenvalue weighted by molar-refractivity contribution is 7.89. The number of piperidine rings is 1. The van der Waals surface area contributed by atoms with Crippen molar-refractivity contribution in [3.8, 4) is 10.6 Å². The third-order valence-electron chi connectivity index (χ3n) is 6.25. The van der Waals surface area contributed by atoms with Crippen LogP contribution in [0, 0.1) is 11.8 Å². The lowest BCUT2D eigenvalue weighted by Gasteiger charge is -2.34. The highest BCUT2D eigenvalue weighted by Gasteiger charge is 2.31. The Bertz CT molecular complexity index is 1440. The minimum absolute atomic E-state index is 0.216. The molecular weight excluding hydrogens is 478 g/mol. The number of para-hydroxylation sites is 1. The molecule has 0 radical (unpaired) electrons. The van der Waals surface area contributed by atoms with E-state index in [1.165, 1.54) is 12.1 Å². The fourth-order valence-electron chi connectivity index (χ4n) is 4.66. The summed E-state index contributed by atoms with van der Waals surface area (Å²) in [5.41, 5.74) is 2.93. The highest BCUT2D eigenvalue weighted by Crippen LogP contribution is 2.31. The number of rotatable bonds is 5. The molecule has 1 fully saturated rings. The van der Waals surface area contributed by atoms with Gasteiger partial charge in [-0.1, -0.05) is 38.1 Å². The predicted molar refractivity (Wildman–Crippen MR) is 141 cm³/mol. The molecule has 1 aromatic heterocycles. The first-order valence-electron chi connectivity index (χ1n) is 11.7. The van der Waals surface area contributed by atoms with Crippen LogP contribution in [-0.2, 0) is 10.0 Å². The van der Waals surface area contributed by atoms with Gasteiger partial charge in [0.15, 0.2) is 0 Å². The standard InChI is InChI=1S/C27H27N3O3S2/c1-18-14-19(2)17-30(16-18)35(32,33)23-12-10-20(11-13-23)26(31)28-22-7-5-6-21(15-22)27-29-24-8-3-4-9-25(24)34-27/h3-13,15,18-19H,14,16-17H2,1-2H3,(H,28,31)/t18-,19-/m1/s1.